The number of aliphatic hydroxyl groups excluding tert-OH is 1. The van der Waals surface area contributed by atoms with Crippen LogP contribution in [0.3, 0.4) is 0 Å². The lowest BCUT2D eigenvalue weighted by Gasteiger charge is -2.24. The summed E-state index contributed by atoms with van der Waals surface area (Å²) in [4.78, 5) is 2.87. The maximum absolute atomic E-state index is 12.0. The van der Waals surface area contributed by atoms with Crippen molar-refractivity contribution >= 4 is 10.0 Å². The number of aromatic amines is 1. The van der Waals surface area contributed by atoms with Crippen LogP contribution in [0, 0.1) is 0 Å². The Morgan fingerprint density at radius 3 is 2.59 bits per heavy atom. The maximum Gasteiger partial charge on any atom is 0.242 e. The second-order valence-electron chi connectivity index (χ2n) is 4.76. The van der Waals surface area contributed by atoms with E-state index in [0.29, 0.717) is 5.69 Å². The van der Waals surface area contributed by atoms with Crippen molar-refractivity contribution in [2.45, 2.75) is 50.7 Å². The first-order valence-electron chi connectivity index (χ1n) is 5.63. The molecular formula is C11H20N2O3S. The number of aliphatic hydroxyl groups is 1. The molecule has 6 heteroatoms. The summed E-state index contributed by atoms with van der Waals surface area (Å²) in [5.74, 6) is 0. The molecule has 0 amide bonds. The maximum atomic E-state index is 12.0. The normalized spacial score (nSPS) is 12.9. The molecule has 0 fully saturated rings. The van der Waals surface area contributed by atoms with E-state index >= 15 is 0 Å². The predicted molar refractivity (Wildman–Crippen MR) is 66.0 cm³/mol. The van der Waals surface area contributed by atoms with E-state index in [4.69, 9.17) is 5.11 Å². The number of sulfonamides is 1. The number of H-pyrrole nitrogens is 1. The van der Waals surface area contributed by atoms with E-state index in [0.717, 1.165) is 12.8 Å². The van der Waals surface area contributed by atoms with Crippen molar-refractivity contribution in [3.63, 3.8) is 0 Å². The molecule has 0 radical (unpaired) electrons. The van der Waals surface area contributed by atoms with Crippen LogP contribution in [-0.2, 0) is 16.6 Å². The van der Waals surface area contributed by atoms with Crippen LogP contribution in [0.5, 0.6) is 0 Å². The summed E-state index contributed by atoms with van der Waals surface area (Å²) in [6.45, 7) is 5.52. The molecule has 5 nitrogen and oxygen atoms in total. The van der Waals surface area contributed by atoms with Crippen LogP contribution in [0.1, 0.15) is 39.3 Å². The average Bonchev–Trinajstić information content (AvgIpc) is 2.64. The quantitative estimate of drug-likeness (QED) is 0.722. The number of nitrogens with one attached hydrogen (secondary N) is 2. The minimum Gasteiger partial charge on any atom is -0.390 e. The Morgan fingerprint density at radius 2 is 2.12 bits per heavy atom. The van der Waals surface area contributed by atoms with Crippen molar-refractivity contribution in [2.75, 3.05) is 0 Å². The van der Waals surface area contributed by atoms with Crippen molar-refractivity contribution in [1.82, 2.24) is 9.71 Å². The van der Waals surface area contributed by atoms with Crippen molar-refractivity contribution in [3.05, 3.63) is 18.0 Å². The highest BCUT2D eigenvalue weighted by atomic mass is 32.2. The molecule has 1 aromatic heterocycles. The Bertz CT molecular complexity index is 463. The molecule has 0 spiro atoms. The summed E-state index contributed by atoms with van der Waals surface area (Å²) in [6, 6.07) is 1.43. The minimum atomic E-state index is -3.52. The Balaban J connectivity index is 2.88. The SMILES string of the molecule is CCCC(C)(C)NS(=O)(=O)c1c[nH]c(CO)c1. The topological polar surface area (TPSA) is 82.2 Å². The zero-order chi connectivity index (χ0) is 13.1. The molecule has 0 aliphatic carbocycles. The summed E-state index contributed by atoms with van der Waals surface area (Å²) in [6.07, 6.45) is 3.06. The van der Waals surface area contributed by atoms with E-state index in [1.807, 2.05) is 20.8 Å². The highest BCUT2D eigenvalue weighted by molar-refractivity contribution is 7.89. The molecule has 3 N–H and O–H groups in total. The highest BCUT2D eigenvalue weighted by Crippen LogP contribution is 2.17. The molecule has 0 saturated carbocycles. The fourth-order valence-electron chi connectivity index (χ4n) is 1.76. The molecule has 0 aliphatic rings. The molecule has 1 aromatic rings. The fraction of sp³-hybridized carbons (Fsp3) is 0.636. The van der Waals surface area contributed by atoms with Gasteiger partial charge in [-0.3, -0.25) is 0 Å². The summed E-state index contributed by atoms with van der Waals surface area (Å²) in [7, 11) is -3.52. The Labute approximate surface area is 102 Å². The summed E-state index contributed by atoms with van der Waals surface area (Å²) >= 11 is 0. The van der Waals surface area contributed by atoms with Gasteiger partial charge < -0.3 is 10.1 Å². The zero-order valence-corrected chi connectivity index (χ0v) is 11.3. The van der Waals surface area contributed by atoms with E-state index in [9.17, 15) is 8.42 Å². The predicted octanol–water partition coefficient (Wildman–Crippen LogP) is 1.36. The molecule has 0 unspecified atom stereocenters. The van der Waals surface area contributed by atoms with Crippen LogP contribution >= 0.6 is 0 Å². The van der Waals surface area contributed by atoms with Gasteiger partial charge in [0.1, 0.15) is 0 Å². The van der Waals surface area contributed by atoms with Gasteiger partial charge in [-0.15, -0.1) is 0 Å². The molecule has 1 rings (SSSR count). The summed E-state index contributed by atoms with van der Waals surface area (Å²) < 4.78 is 26.7. The van der Waals surface area contributed by atoms with E-state index in [2.05, 4.69) is 9.71 Å². The third-order valence-corrected chi connectivity index (χ3v) is 4.16. The van der Waals surface area contributed by atoms with Crippen molar-refractivity contribution in [3.8, 4) is 0 Å². The third kappa shape index (κ3) is 3.83. The molecule has 0 atom stereocenters. The minimum absolute atomic E-state index is 0.158. The van der Waals surface area contributed by atoms with Crippen molar-refractivity contribution in [2.24, 2.45) is 0 Å². The van der Waals surface area contributed by atoms with Gasteiger partial charge in [0.25, 0.3) is 0 Å². The van der Waals surface area contributed by atoms with E-state index < -0.39 is 15.6 Å². The first kappa shape index (κ1) is 14.2. The monoisotopic (exact) mass is 260 g/mol. The Kier molecular flexibility index (Phi) is 4.35. The van der Waals surface area contributed by atoms with Crippen molar-refractivity contribution < 1.29 is 13.5 Å². The second kappa shape index (κ2) is 5.20. The van der Waals surface area contributed by atoms with Gasteiger partial charge in [0, 0.05) is 17.4 Å². The molecule has 0 bridgehead atoms. The Hall–Kier alpha value is -0.850. The molecule has 0 aliphatic heterocycles. The third-order valence-electron chi connectivity index (χ3n) is 2.48. The van der Waals surface area contributed by atoms with Crippen LogP contribution in [0.25, 0.3) is 0 Å². The molecule has 98 valence electrons. The van der Waals surface area contributed by atoms with Crippen LogP contribution < -0.4 is 4.72 Å². The van der Waals surface area contributed by atoms with Crippen LogP contribution in [0.15, 0.2) is 17.2 Å². The lowest BCUT2D eigenvalue weighted by Crippen LogP contribution is -2.42. The molecule has 0 aromatic carbocycles. The molecular weight excluding hydrogens is 240 g/mol. The standard InChI is InChI=1S/C11H20N2O3S/c1-4-5-11(2,3)13-17(15,16)10-6-9(8-14)12-7-10/h6-7,12-14H,4-5,8H2,1-3H3. The van der Waals surface area contributed by atoms with Gasteiger partial charge in [-0.05, 0) is 26.3 Å². The highest BCUT2D eigenvalue weighted by Gasteiger charge is 2.25. The number of hydrogen-bond acceptors (Lipinski definition) is 3. The van der Waals surface area contributed by atoms with E-state index in [1.54, 1.807) is 0 Å². The number of hydrogen-bond donors (Lipinski definition) is 3. The fourth-order valence-corrected chi connectivity index (χ4v) is 3.22. The number of rotatable bonds is 6. The van der Waals surface area contributed by atoms with Gasteiger partial charge in [0.2, 0.25) is 10.0 Å². The largest absolute Gasteiger partial charge is 0.390 e. The first-order chi connectivity index (χ1) is 7.80. The smallest absolute Gasteiger partial charge is 0.242 e. The van der Waals surface area contributed by atoms with E-state index in [1.165, 1.54) is 12.3 Å². The first-order valence-corrected chi connectivity index (χ1v) is 7.11. The van der Waals surface area contributed by atoms with Crippen LogP contribution in [0.2, 0.25) is 0 Å². The number of aromatic nitrogens is 1. The van der Waals surface area contributed by atoms with Crippen LogP contribution in [-0.4, -0.2) is 24.0 Å². The van der Waals surface area contributed by atoms with Gasteiger partial charge in [-0.1, -0.05) is 13.3 Å². The van der Waals surface area contributed by atoms with Gasteiger partial charge >= 0.3 is 0 Å². The lowest BCUT2D eigenvalue weighted by molar-refractivity contribution is 0.277. The summed E-state index contributed by atoms with van der Waals surface area (Å²) in [5.41, 5.74) is 0.0169. The summed E-state index contributed by atoms with van der Waals surface area (Å²) in [5, 5.41) is 8.89. The zero-order valence-electron chi connectivity index (χ0n) is 10.4. The van der Waals surface area contributed by atoms with Gasteiger partial charge in [0.15, 0.2) is 0 Å². The van der Waals surface area contributed by atoms with Gasteiger partial charge in [-0.2, -0.15) is 0 Å². The Morgan fingerprint density at radius 1 is 1.47 bits per heavy atom. The van der Waals surface area contributed by atoms with Crippen molar-refractivity contribution in [1.29, 1.82) is 0 Å². The molecule has 1 heterocycles. The lowest BCUT2D eigenvalue weighted by atomic mass is 10.0. The van der Waals surface area contributed by atoms with Gasteiger partial charge in [-0.25, -0.2) is 13.1 Å². The molecule has 0 saturated heterocycles. The second-order valence-corrected chi connectivity index (χ2v) is 6.44. The van der Waals surface area contributed by atoms with E-state index in [-0.39, 0.29) is 11.5 Å². The molecule has 17 heavy (non-hydrogen) atoms. The van der Waals surface area contributed by atoms with Gasteiger partial charge in [0.05, 0.1) is 11.5 Å². The van der Waals surface area contributed by atoms with Crippen LogP contribution in [0.4, 0.5) is 0 Å². The average molecular weight is 260 g/mol.